The van der Waals surface area contributed by atoms with Gasteiger partial charge < -0.3 is 15.3 Å². The van der Waals surface area contributed by atoms with Gasteiger partial charge in [0.15, 0.2) is 0 Å². The molecule has 0 spiro atoms. The van der Waals surface area contributed by atoms with Crippen LogP contribution in [0.1, 0.15) is 61.9 Å². The lowest BCUT2D eigenvalue weighted by molar-refractivity contribution is 0.0695. The van der Waals surface area contributed by atoms with Crippen molar-refractivity contribution in [2.24, 2.45) is 0 Å². The van der Waals surface area contributed by atoms with Crippen LogP contribution in [-0.4, -0.2) is 42.2 Å². The molecule has 0 heterocycles. The number of rotatable bonds is 13. The number of benzene rings is 1. The minimum atomic E-state index is -0.854. The molecule has 130 valence electrons. The van der Waals surface area contributed by atoms with E-state index in [2.05, 4.69) is 24.1 Å². The number of nitrogens with zero attached hydrogens (tertiary/aromatic N) is 1. The van der Waals surface area contributed by atoms with E-state index in [-0.39, 0.29) is 0 Å². The van der Waals surface area contributed by atoms with E-state index < -0.39 is 5.97 Å². The Morgan fingerprint density at radius 3 is 2.26 bits per heavy atom. The van der Waals surface area contributed by atoms with Crippen molar-refractivity contribution in [3.63, 3.8) is 0 Å². The van der Waals surface area contributed by atoms with Gasteiger partial charge in [-0.05, 0) is 57.1 Å². The normalized spacial score (nSPS) is 11.1. The van der Waals surface area contributed by atoms with Gasteiger partial charge in [0.05, 0.1) is 5.56 Å². The lowest BCUT2D eigenvalue weighted by Crippen LogP contribution is -2.29. The molecule has 0 saturated carbocycles. The maximum Gasteiger partial charge on any atom is 0.336 e. The Balaban J connectivity index is 2.29. The molecule has 0 radical (unpaired) electrons. The average Bonchev–Trinajstić information content (AvgIpc) is 2.56. The summed E-state index contributed by atoms with van der Waals surface area (Å²) < 4.78 is 0. The molecule has 0 atom stereocenters. The van der Waals surface area contributed by atoms with Crippen molar-refractivity contribution < 1.29 is 9.90 Å². The zero-order valence-electron chi connectivity index (χ0n) is 14.7. The molecule has 0 aliphatic heterocycles. The van der Waals surface area contributed by atoms with Gasteiger partial charge in [0.1, 0.15) is 0 Å². The Hall–Kier alpha value is -1.39. The molecule has 0 unspecified atom stereocenters. The van der Waals surface area contributed by atoms with Gasteiger partial charge in [-0.15, -0.1) is 0 Å². The molecule has 23 heavy (non-hydrogen) atoms. The Morgan fingerprint density at radius 2 is 1.65 bits per heavy atom. The molecule has 0 fully saturated rings. The first-order valence-corrected chi connectivity index (χ1v) is 8.93. The summed E-state index contributed by atoms with van der Waals surface area (Å²) in [5, 5.41) is 12.5. The molecule has 1 aromatic rings. The second-order valence-corrected chi connectivity index (χ2v) is 6.04. The summed E-state index contributed by atoms with van der Waals surface area (Å²) in [6.45, 7) is 9.51. The molecule has 0 amide bonds. The maximum absolute atomic E-state index is 11.2. The highest BCUT2D eigenvalue weighted by molar-refractivity contribution is 5.89. The van der Waals surface area contributed by atoms with Crippen LogP contribution in [0.25, 0.3) is 0 Å². The van der Waals surface area contributed by atoms with Crippen LogP contribution in [0.4, 0.5) is 0 Å². The molecule has 4 nitrogen and oxygen atoms in total. The lowest BCUT2D eigenvalue weighted by Gasteiger charge is -2.22. The Bertz CT molecular complexity index is 441. The topological polar surface area (TPSA) is 52.6 Å². The van der Waals surface area contributed by atoms with Crippen LogP contribution in [0.15, 0.2) is 24.3 Å². The first kappa shape index (κ1) is 19.7. The summed E-state index contributed by atoms with van der Waals surface area (Å²) in [6.07, 6.45) is 6.12. The van der Waals surface area contributed by atoms with Gasteiger partial charge in [0, 0.05) is 6.54 Å². The molecule has 1 rings (SSSR count). The third-order valence-corrected chi connectivity index (χ3v) is 4.05. The zero-order valence-corrected chi connectivity index (χ0v) is 14.7. The standard InChI is InChI=1S/C19H32N2O2/c1-3-5-13-21(14-6-4-2)15-9-12-20-16-17-10-7-8-11-18(17)19(22)23/h7-8,10-11,20H,3-6,9,12-16H2,1-2H3,(H,22,23). The molecule has 0 aromatic heterocycles. The van der Waals surface area contributed by atoms with E-state index in [0.717, 1.165) is 25.1 Å². The Morgan fingerprint density at radius 1 is 1.04 bits per heavy atom. The number of carbonyl (C=O) groups is 1. The Labute approximate surface area is 140 Å². The molecule has 0 bridgehead atoms. The first-order valence-electron chi connectivity index (χ1n) is 8.93. The van der Waals surface area contributed by atoms with Gasteiger partial charge in [0.25, 0.3) is 0 Å². The zero-order chi connectivity index (χ0) is 16.9. The van der Waals surface area contributed by atoms with Gasteiger partial charge in [0.2, 0.25) is 0 Å². The fourth-order valence-corrected chi connectivity index (χ4v) is 2.63. The van der Waals surface area contributed by atoms with Crippen LogP contribution in [0.2, 0.25) is 0 Å². The van der Waals surface area contributed by atoms with Crippen LogP contribution in [0.5, 0.6) is 0 Å². The highest BCUT2D eigenvalue weighted by atomic mass is 16.4. The fraction of sp³-hybridized carbons (Fsp3) is 0.632. The number of unbranched alkanes of at least 4 members (excludes halogenated alkanes) is 2. The van der Waals surface area contributed by atoms with E-state index in [1.54, 1.807) is 12.1 Å². The first-order chi connectivity index (χ1) is 11.2. The molecule has 0 aliphatic rings. The molecule has 0 aliphatic carbocycles. The number of aromatic carboxylic acids is 1. The van der Waals surface area contributed by atoms with Gasteiger partial charge in [-0.1, -0.05) is 44.9 Å². The van der Waals surface area contributed by atoms with E-state index >= 15 is 0 Å². The molecule has 2 N–H and O–H groups in total. The quantitative estimate of drug-likeness (QED) is 0.543. The van der Waals surface area contributed by atoms with E-state index in [4.69, 9.17) is 0 Å². The third kappa shape index (κ3) is 8.14. The smallest absolute Gasteiger partial charge is 0.336 e. The average molecular weight is 320 g/mol. The van der Waals surface area contributed by atoms with Crippen molar-refractivity contribution in [2.45, 2.75) is 52.5 Å². The minimum absolute atomic E-state index is 0.396. The number of carboxylic acid groups (broad SMARTS) is 1. The van der Waals surface area contributed by atoms with E-state index in [1.807, 2.05) is 12.1 Å². The van der Waals surface area contributed by atoms with Gasteiger partial charge in [-0.2, -0.15) is 0 Å². The second-order valence-electron chi connectivity index (χ2n) is 6.04. The highest BCUT2D eigenvalue weighted by Crippen LogP contribution is 2.08. The molecule has 1 aromatic carbocycles. The third-order valence-electron chi connectivity index (χ3n) is 4.05. The fourth-order valence-electron chi connectivity index (χ4n) is 2.63. The maximum atomic E-state index is 11.2. The van der Waals surface area contributed by atoms with E-state index in [0.29, 0.717) is 12.1 Å². The summed E-state index contributed by atoms with van der Waals surface area (Å²) in [6, 6.07) is 7.20. The predicted molar refractivity (Wildman–Crippen MR) is 96.0 cm³/mol. The number of nitrogens with one attached hydrogen (secondary N) is 1. The number of hydrogen-bond donors (Lipinski definition) is 2. The van der Waals surface area contributed by atoms with Crippen LogP contribution in [-0.2, 0) is 6.54 Å². The summed E-state index contributed by atoms with van der Waals surface area (Å²) in [7, 11) is 0. The van der Waals surface area contributed by atoms with Crippen LogP contribution >= 0.6 is 0 Å². The second kappa shape index (κ2) is 12.1. The van der Waals surface area contributed by atoms with Crippen LogP contribution in [0, 0.1) is 0 Å². The lowest BCUT2D eigenvalue weighted by atomic mass is 10.1. The summed E-state index contributed by atoms with van der Waals surface area (Å²) in [5.74, 6) is -0.854. The Kier molecular flexibility index (Phi) is 10.3. The van der Waals surface area contributed by atoms with Crippen LogP contribution in [0.3, 0.4) is 0 Å². The van der Waals surface area contributed by atoms with Gasteiger partial charge >= 0.3 is 5.97 Å². The largest absolute Gasteiger partial charge is 0.478 e. The highest BCUT2D eigenvalue weighted by Gasteiger charge is 2.08. The summed E-state index contributed by atoms with van der Waals surface area (Å²) >= 11 is 0. The van der Waals surface area contributed by atoms with Gasteiger partial charge in [-0.25, -0.2) is 4.79 Å². The molecule has 4 heteroatoms. The van der Waals surface area contributed by atoms with Crippen molar-refractivity contribution in [3.05, 3.63) is 35.4 Å². The van der Waals surface area contributed by atoms with Crippen molar-refractivity contribution in [1.82, 2.24) is 10.2 Å². The van der Waals surface area contributed by atoms with E-state index in [1.165, 1.54) is 38.8 Å². The molecular formula is C19H32N2O2. The van der Waals surface area contributed by atoms with Crippen molar-refractivity contribution in [2.75, 3.05) is 26.2 Å². The number of carboxylic acids is 1. The SMILES string of the molecule is CCCCN(CCCC)CCCNCc1ccccc1C(=O)O. The predicted octanol–water partition coefficient (Wildman–Crippen LogP) is 3.77. The van der Waals surface area contributed by atoms with Crippen LogP contribution < -0.4 is 5.32 Å². The van der Waals surface area contributed by atoms with Crippen molar-refractivity contribution in [1.29, 1.82) is 0 Å². The molecular weight excluding hydrogens is 288 g/mol. The van der Waals surface area contributed by atoms with Crippen molar-refractivity contribution >= 4 is 5.97 Å². The summed E-state index contributed by atoms with van der Waals surface area (Å²) in [4.78, 5) is 13.7. The summed E-state index contributed by atoms with van der Waals surface area (Å²) in [5.41, 5.74) is 1.25. The minimum Gasteiger partial charge on any atom is -0.478 e. The van der Waals surface area contributed by atoms with Gasteiger partial charge in [-0.3, -0.25) is 0 Å². The number of hydrogen-bond acceptors (Lipinski definition) is 3. The van der Waals surface area contributed by atoms with Crippen molar-refractivity contribution in [3.8, 4) is 0 Å². The monoisotopic (exact) mass is 320 g/mol. The van der Waals surface area contributed by atoms with E-state index in [9.17, 15) is 9.90 Å². The molecule has 0 saturated heterocycles.